The molecule has 1 N–H and O–H groups in total. The Morgan fingerprint density at radius 1 is 1.06 bits per heavy atom. The number of imidazole rings is 1. The number of nitrogens with zero attached hydrogens (tertiary/aromatic N) is 3. The third-order valence-electron chi connectivity index (χ3n) is 4.84. The molecule has 0 spiro atoms. The van der Waals surface area contributed by atoms with Crippen LogP contribution in [0.2, 0.25) is 5.02 Å². The molecular weight excluding hydrogens is 472 g/mol. The molecule has 0 fully saturated rings. The Balaban J connectivity index is 1.85. The third-order valence-corrected chi connectivity index (χ3v) is 6.51. The number of benzene rings is 2. The van der Waals surface area contributed by atoms with E-state index in [2.05, 4.69) is 10.3 Å². The summed E-state index contributed by atoms with van der Waals surface area (Å²) in [5.41, 5.74) is 0.0902. The largest absolute Gasteiger partial charge is 0.455 e. The fourth-order valence-corrected chi connectivity index (χ4v) is 4.87. The molecule has 0 aliphatic carbocycles. The van der Waals surface area contributed by atoms with E-state index in [1.54, 1.807) is 30.2 Å². The highest BCUT2D eigenvalue weighted by Crippen LogP contribution is 2.36. The Kier molecular flexibility index (Phi) is 6.38. The van der Waals surface area contributed by atoms with Crippen LogP contribution in [0.1, 0.15) is 40.9 Å². The number of amides is 1. The van der Waals surface area contributed by atoms with Crippen molar-refractivity contribution in [3.63, 3.8) is 0 Å². The highest BCUT2D eigenvalue weighted by Gasteiger charge is 2.31. The molecule has 4 aromatic rings. The lowest BCUT2D eigenvalue weighted by Gasteiger charge is -2.21. The second-order valence-corrected chi connectivity index (χ2v) is 10.3. The number of para-hydroxylation sites is 1. The lowest BCUT2D eigenvalue weighted by molar-refractivity contribution is 0.00619. The highest BCUT2D eigenvalue weighted by molar-refractivity contribution is 7.21. The number of ether oxygens (including phenoxy) is 1. The van der Waals surface area contributed by atoms with Crippen molar-refractivity contribution in [1.29, 1.82) is 0 Å². The minimum atomic E-state index is -0.739. The number of anilines is 2. The van der Waals surface area contributed by atoms with Crippen LogP contribution >= 0.6 is 22.9 Å². The maximum Gasteiger partial charge on any atom is 0.359 e. The van der Waals surface area contributed by atoms with Gasteiger partial charge in [0, 0.05) is 29.9 Å². The van der Waals surface area contributed by atoms with Gasteiger partial charge in [-0.05, 0) is 39.0 Å². The summed E-state index contributed by atoms with van der Waals surface area (Å²) in [6.07, 6.45) is 0. The van der Waals surface area contributed by atoms with Crippen molar-refractivity contribution >= 4 is 56.7 Å². The summed E-state index contributed by atoms with van der Waals surface area (Å²) < 4.78 is 8.26. The van der Waals surface area contributed by atoms with Gasteiger partial charge in [0.1, 0.15) is 10.5 Å². The monoisotopic (exact) mass is 496 g/mol. The number of fused-ring (bicyclic) bond motifs is 1. The molecule has 0 saturated carbocycles. The van der Waals surface area contributed by atoms with E-state index in [0.29, 0.717) is 21.5 Å². The summed E-state index contributed by atoms with van der Waals surface area (Å²) in [4.78, 5) is 33.4. The van der Waals surface area contributed by atoms with E-state index in [4.69, 9.17) is 16.3 Å². The van der Waals surface area contributed by atoms with Crippen LogP contribution in [0.15, 0.2) is 54.6 Å². The smallest absolute Gasteiger partial charge is 0.359 e. The Labute approximate surface area is 206 Å². The summed E-state index contributed by atoms with van der Waals surface area (Å²) in [6, 6.07) is 16.9. The maximum absolute atomic E-state index is 13.4. The van der Waals surface area contributed by atoms with Crippen LogP contribution in [0.5, 0.6) is 0 Å². The summed E-state index contributed by atoms with van der Waals surface area (Å²) in [6.45, 7) is 5.36. The second-order valence-electron chi connectivity index (χ2n) is 8.87. The van der Waals surface area contributed by atoms with Gasteiger partial charge in [0.15, 0.2) is 11.5 Å². The number of aromatic nitrogens is 2. The van der Waals surface area contributed by atoms with Crippen molar-refractivity contribution in [2.45, 2.75) is 26.4 Å². The zero-order valence-electron chi connectivity index (χ0n) is 19.5. The first-order valence-electron chi connectivity index (χ1n) is 10.6. The van der Waals surface area contributed by atoms with Gasteiger partial charge >= 0.3 is 5.97 Å². The van der Waals surface area contributed by atoms with Crippen molar-refractivity contribution in [3.8, 4) is 5.69 Å². The average Bonchev–Trinajstić information content (AvgIpc) is 3.32. The topological polar surface area (TPSA) is 76.5 Å². The zero-order valence-corrected chi connectivity index (χ0v) is 21.1. The highest BCUT2D eigenvalue weighted by atomic mass is 35.5. The van der Waals surface area contributed by atoms with Gasteiger partial charge in [-0.3, -0.25) is 9.36 Å². The van der Waals surface area contributed by atoms with Gasteiger partial charge in [-0.25, -0.2) is 4.79 Å². The van der Waals surface area contributed by atoms with E-state index in [0.717, 1.165) is 10.1 Å². The Hall–Kier alpha value is -3.36. The molecule has 2 aromatic heterocycles. The molecule has 0 saturated heterocycles. The Morgan fingerprint density at radius 3 is 2.32 bits per heavy atom. The van der Waals surface area contributed by atoms with Crippen LogP contribution in [0.25, 0.3) is 15.8 Å². The number of nitrogens with one attached hydrogen (secondary N) is 1. The Bertz CT molecular complexity index is 1370. The number of hydrogen-bond donors (Lipinski definition) is 1. The summed E-state index contributed by atoms with van der Waals surface area (Å²) in [5.74, 6) is -0.487. The van der Waals surface area contributed by atoms with Gasteiger partial charge < -0.3 is 15.0 Å². The predicted molar refractivity (Wildman–Crippen MR) is 138 cm³/mol. The molecule has 0 unspecified atom stereocenters. The SMILES string of the molecule is CN(C)c1nc(NC(=O)c2sc3ccccc3c2Cl)c(C(=O)OC(C)(C)C)n1-c1ccccc1. The second kappa shape index (κ2) is 9.12. The van der Waals surface area contributed by atoms with Gasteiger partial charge in [0.2, 0.25) is 5.95 Å². The first-order valence-corrected chi connectivity index (χ1v) is 11.8. The summed E-state index contributed by atoms with van der Waals surface area (Å²) in [5, 5.41) is 3.98. The van der Waals surface area contributed by atoms with E-state index in [1.807, 2.05) is 68.7 Å². The van der Waals surface area contributed by atoms with Gasteiger partial charge in [-0.2, -0.15) is 4.98 Å². The normalized spacial score (nSPS) is 11.5. The number of carbonyl (C=O) groups is 2. The van der Waals surface area contributed by atoms with E-state index in [-0.39, 0.29) is 11.5 Å². The lowest BCUT2D eigenvalue weighted by atomic mass is 10.2. The fraction of sp³-hybridized carbons (Fsp3) is 0.240. The molecule has 0 radical (unpaired) electrons. The molecular formula is C25H25ClN4O3S. The average molecular weight is 497 g/mol. The lowest BCUT2D eigenvalue weighted by Crippen LogP contribution is -2.27. The van der Waals surface area contributed by atoms with Crippen molar-refractivity contribution in [3.05, 3.63) is 70.2 Å². The minimum Gasteiger partial charge on any atom is -0.455 e. The van der Waals surface area contributed by atoms with Crippen molar-refractivity contribution in [2.24, 2.45) is 0 Å². The Morgan fingerprint density at radius 2 is 1.71 bits per heavy atom. The van der Waals surface area contributed by atoms with Crippen LogP contribution in [0.4, 0.5) is 11.8 Å². The number of hydrogen-bond acceptors (Lipinski definition) is 6. The van der Waals surface area contributed by atoms with Crippen LogP contribution in [-0.4, -0.2) is 41.1 Å². The summed E-state index contributed by atoms with van der Waals surface area (Å²) >= 11 is 7.80. The number of rotatable bonds is 5. The van der Waals surface area contributed by atoms with Gasteiger partial charge in [-0.15, -0.1) is 11.3 Å². The first-order chi connectivity index (χ1) is 16.1. The number of esters is 1. The minimum absolute atomic E-state index is 0.0975. The van der Waals surface area contributed by atoms with E-state index in [9.17, 15) is 9.59 Å². The molecule has 34 heavy (non-hydrogen) atoms. The molecule has 1 amide bonds. The van der Waals surface area contributed by atoms with E-state index in [1.165, 1.54) is 11.3 Å². The first kappa shape index (κ1) is 23.8. The molecule has 0 bridgehead atoms. The maximum atomic E-state index is 13.4. The number of thiophene rings is 1. The van der Waals surface area contributed by atoms with Gasteiger partial charge in [-0.1, -0.05) is 48.0 Å². The standard InChI is InChI=1S/C25H25ClN4O3S/c1-25(2,3)33-23(32)19-21(28-24(29(4)5)30(19)15-11-7-6-8-12-15)27-22(31)20-18(26)16-13-9-10-14-17(16)34-20/h6-14H,1-5H3,(H,27,31). The third kappa shape index (κ3) is 4.64. The molecule has 9 heteroatoms. The molecule has 176 valence electrons. The number of carbonyl (C=O) groups excluding carboxylic acids is 2. The van der Waals surface area contributed by atoms with Crippen LogP contribution in [0, 0.1) is 0 Å². The molecule has 0 atom stereocenters. The molecule has 4 rings (SSSR count). The quantitative estimate of drug-likeness (QED) is 0.342. The van der Waals surface area contributed by atoms with Gasteiger partial charge in [0.25, 0.3) is 5.91 Å². The molecule has 2 heterocycles. The molecule has 2 aromatic carbocycles. The van der Waals surface area contributed by atoms with Crippen LogP contribution in [0.3, 0.4) is 0 Å². The predicted octanol–water partition coefficient (Wildman–Crippen LogP) is 6.01. The van der Waals surface area contributed by atoms with Crippen LogP contribution in [-0.2, 0) is 4.74 Å². The summed E-state index contributed by atoms with van der Waals surface area (Å²) in [7, 11) is 3.63. The fourth-order valence-electron chi connectivity index (χ4n) is 3.46. The molecule has 0 aliphatic heterocycles. The van der Waals surface area contributed by atoms with E-state index < -0.39 is 17.5 Å². The number of halogens is 1. The van der Waals surface area contributed by atoms with Gasteiger partial charge in [0.05, 0.1) is 5.02 Å². The van der Waals surface area contributed by atoms with E-state index >= 15 is 0 Å². The van der Waals surface area contributed by atoms with Crippen molar-refractivity contribution in [2.75, 3.05) is 24.3 Å². The zero-order chi connectivity index (χ0) is 24.6. The molecule has 0 aliphatic rings. The van der Waals surface area contributed by atoms with Crippen molar-refractivity contribution in [1.82, 2.24) is 9.55 Å². The van der Waals surface area contributed by atoms with Crippen molar-refractivity contribution < 1.29 is 14.3 Å². The molecule has 7 nitrogen and oxygen atoms in total. The van der Waals surface area contributed by atoms with Crippen LogP contribution < -0.4 is 10.2 Å².